The van der Waals surface area contributed by atoms with E-state index >= 15 is 0 Å². The number of nitrogens with one attached hydrogen (secondary N) is 2. The largest absolute Gasteiger partial charge is 0.462 e. The van der Waals surface area contributed by atoms with Crippen molar-refractivity contribution in [3.05, 3.63) is 46.1 Å². The zero-order chi connectivity index (χ0) is 20.8. The fraction of sp³-hybridized carbons (Fsp3) is 0.316. The molecule has 28 heavy (non-hydrogen) atoms. The molecule has 0 aliphatic carbocycles. The smallest absolute Gasteiger partial charge is 0.341 e. The molecule has 0 saturated carbocycles. The van der Waals surface area contributed by atoms with E-state index in [1.54, 1.807) is 40.1 Å². The maximum absolute atomic E-state index is 13.6. The number of carbonyl (C=O) groups excluding carboxylic acids is 3. The quantitative estimate of drug-likeness (QED) is 0.689. The number of esters is 1. The first-order valence-electron chi connectivity index (χ1n) is 8.56. The molecule has 0 aliphatic rings. The highest BCUT2D eigenvalue weighted by atomic mass is 32.1. The summed E-state index contributed by atoms with van der Waals surface area (Å²) in [4.78, 5) is 38.7. The number of carbonyl (C=O) groups is 3. The van der Waals surface area contributed by atoms with Gasteiger partial charge in [0.2, 0.25) is 5.91 Å². The second-order valence-corrected chi connectivity index (χ2v) is 7.08. The van der Waals surface area contributed by atoms with E-state index < -0.39 is 17.7 Å². The van der Waals surface area contributed by atoms with Crippen molar-refractivity contribution in [2.45, 2.75) is 13.8 Å². The van der Waals surface area contributed by atoms with Gasteiger partial charge in [-0.25, -0.2) is 9.18 Å². The highest BCUT2D eigenvalue weighted by Crippen LogP contribution is 2.34. The van der Waals surface area contributed by atoms with E-state index in [4.69, 9.17) is 4.74 Å². The van der Waals surface area contributed by atoms with Gasteiger partial charge in [0.25, 0.3) is 5.91 Å². The maximum atomic E-state index is 13.6. The molecule has 0 aliphatic heterocycles. The molecule has 2 rings (SSSR count). The van der Waals surface area contributed by atoms with Crippen LogP contribution in [0.15, 0.2) is 24.3 Å². The Hall–Kier alpha value is -2.94. The fourth-order valence-corrected chi connectivity index (χ4v) is 3.64. The maximum Gasteiger partial charge on any atom is 0.341 e. The first-order chi connectivity index (χ1) is 13.3. The van der Waals surface area contributed by atoms with Gasteiger partial charge in [-0.15, -0.1) is 11.3 Å². The van der Waals surface area contributed by atoms with Crippen LogP contribution in [-0.4, -0.2) is 49.9 Å². The average Bonchev–Trinajstić information content (AvgIpc) is 2.96. The summed E-state index contributed by atoms with van der Waals surface area (Å²) in [6.07, 6.45) is 0. The average molecular weight is 407 g/mol. The molecule has 7 nitrogen and oxygen atoms in total. The second kappa shape index (κ2) is 9.32. The van der Waals surface area contributed by atoms with Crippen LogP contribution in [-0.2, 0) is 9.53 Å². The molecule has 0 saturated heterocycles. The van der Waals surface area contributed by atoms with E-state index in [2.05, 4.69) is 10.6 Å². The summed E-state index contributed by atoms with van der Waals surface area (Å²) in [5, 5.41) is 5.54. The molecule has 0 radical (unpaired) electrons. The zero-order valence-corrected chi connectivity index (χ0v) is 16.9. The van der Waals surface area contributed by atoms with Crippen molar-refractivity contribution < 1.29 is 23.5 Å². The summed E-state index contributed by atoms with van der Waals surface area (Å²) in [6.45, 7) is 3.25. The van der Waals surface area contributed by atoms with Crippen LogP contribution in [0.1, 0.15) is 32.5 Å². The van der Waals surface area contributed by atoms with Gasteiger partial charge in [-0.3, -0.25) is 9.59 Å². The molecule has 9 heteroatoms. The lowest BCUT2D eigenvalue weighted by Gasteiger charge is -2.09. The number of hydrogen-bond donors (Lipinski definition) is 2. The Morgan fingerprint density at radius 3 is 2.50 bits per heavy atom. The van der Waals surface area contributed by atoms with Crippen molar-refractivity contribution in [3.8, 4) is 0 Å². The van der Waals surface area contributed by atoms with E-state index in [1.165, 1.54) is 17.0 Å². The standard InChI is InChI=1S/C19H22FN3O4S/c1-5-27-19(26)15-11(2)16(18(25)23(3)4)28-17(15)22-14(24)10-21-13-9-7-6-8-12(13)20/h6-9,21H,5,10H2,1-4H3,(H,22,24). The van der Waals surface area contributed by atoms with Gasteiger partial charge in [0.05, 0.1) is 29.3 Å². The highest BCUT2D eigenvalue weighted by Gasteiger charge is 2.27. The third-order valence-corrected chi connectivity index (χ3v) is 4.99. The molecular weight excluding hydrogens is 385 g/mol. The van der Waals surface area contributed by atoms with E-state index in [-0.39, 0.29) is 35.3 Å². The van der Waals surface area contributed by atoms with E-state index in [0.29, 0.717) is 10.4 Å². The van der Waals surface area contributed by atoms with Crippen LogP contribution in [0.4, 0.5) is 15.1 Å². The minimum Gasteiger partial charge on any atom is -0.462 e. The van der Waals surface area contributed by atoms with Crippen LogP contribution in [0, 0.1) is 12.7 Å². The van der Waals surface area contributed by atoms with Crippen LogP contribution in [0.2, 0.25) is 0 Å². The van der Waals surface area contributed by atoms with Crippen molar-refractivity contribution in [1.82, 2.24) is 4.90 Å². The Bertz CT molecular complexity index is 895. The molecule has 2 amide bonds. The lowest BCUT2D eigenvalue weighted by molar-refractivity contribution is -0.114. The zero-order valence-electron chi connectivity index (χ0n) is 16.1. The number of nitrogens with zero attached hydrogens (tertiary/aromatic N) is 1. The van der Waals surface area contributed by atoms with Crippen molar-refractivity contribution in [3.63, 3.8) is 0 Å². The van der Waals surface area contributed by atoms with Crippen molar-refractivity contribution in [2.24, 2.45) is 0 Å². The van der Waals surface area contributed by atoms with Gasteiger partial charge in [0.15, 0.2) is 0 Å². The predicted molar refractivity (Wildman–Crippen MR) is 107 cm³/mol. The van der Waals surface area contributed by atoms with Crippen molar-refractivity contribution in [1.29, 1.82) is 0 Å². The molecular formula is C19H22FN3O4S. The molecule has 1 aromatic heterocycles. The number of benzene rings is 1. The highest BCUT2D eigenvalue weighted by molar-refractivity contribution is 7.18. The SMILES string of the molecule is CCOC(=O)c1c(NC(=O)CNc2ccccc2F)sc(C(=O)N(C)C)c1C. The molecule has 1 aromatic carbocycles. The normalized spacial score (nSPS) is 10.3. The first-order valence-corrected chi connectivity index (χ1v) is 9.38. The van der Waals surface area contributed by atoms with Gasteiger partial charge in [0.1, 0.15) is 10.8 Å². The summed E-state index contributed by atoms with van der Waals surface area (Å²) in [7, 11) is 3.20. The number of halogens is 1. The van der Waals surface area contributed by atoms with Gasteiger partial charge >= 0.3 is 5.97 Å². The molecule has 150 valence electrons. The first kappa shape index (κ1) is 21.4. The fourth-order valence-electron chi connectivity index (χ4n) is 2.41. The number of para-hydroxylation sites is 1. The molecule has 0 fully saturated rings. The minimum atomic E-state index is -0.619. The van der Waals surface area contributed by atoms with Crippen LogP contribution in [0.25, 0.3) is 0 Å². The van der Waals surface area contributed by atoms with Gasteiger partial charge in [-0.2, -0.15) is 0 Å². The number of ether oxygens (including phenoxy) is 1. The van der Waals surface area contributed by atoms with E-state index in [1.807, 2.05) is 0 Å². The lowest BCUT2D eigenvalue weighted by Crippen LogP contribution is -2.23. The summed E-state index contributed by atoms with van der Waals surface area (Å²) < 4.78 is 18.7. The predicted octanol–water partition coefficient (Wildman–Crippen LogP) is 3.12. The van der Waals surface area contributed by atoms with Crippen LogP contribution in [0.3, 0.4) is 0 Å². The summed E-state index contributed by atoms with van der Waals surface area (Å²) in [5.74, 6) is -1.86. The summed E-state index contributed by atoms with van der Waals surface area (Å²) in [5.41, 5.74) is 0.782. The van der Waals surface area contributed by atoms with Crippen LogP contribution >= 0.6 is 11.3 Å². The van der Waals surface area contributed by atoms with Gasteiger partial charge in [0, 0.05) is 14.1 Å². The summed E-state index contributed by atoms with van der Waals surface area (Å²) >= 11 is 1.00. The number of amides is 2. The number of thiophene rings is 1. The molecule has 0 unspecified atom stereocenters. The topological polar surface area (TPSA) is 87.7 Å². The Morgan fingerprint density at radius 1 is 1.21 bits per heavy atom. The number of anilines is 2. The van der Waals surface area contributed by atoms with E-state index in [9.17, 15) is 18.8 Å². The lowest BCUT2D eigenvalue weighted by atomic mass is 10.1. The molecule has 2 aromatic rings. The minimum absolute atomic E-state index is 0.149. The monoisotopic (exact) mass is 407 g/mol. The van der Waals surface area contributed by atoms with Gasteiger partial charge < -0.3 is 20.3 Å². The van der Waals surface area contributed by atoms with E-state index in [0.717, 1.165) is 11.3 Å². The third-order valence-electron chi connectivity index (χ3n) is 3.79. The van der Waals surface area contributed by atoms with Gasteiger partial charge in [-0.1, -0.05) is 12.1 Å². The molecule has 0 bridgehead atoms. The van der Waals surface area contributed by atoms with Crippen LogP contribution < -0.4 is 10.6 Å². The molecule has 0 spiro atoms. The summed E-state index contributed by atoms with van der Waals surface area (Å²) in [6, 6.07) is 5.98. The van der Waals surface area contributed by atoms with Crippen LogP contribution in [0.5, 0.6) is 0 Å². The van der Waals surface area contributed by atoms with Crippen molar-refractivity contribution >= 4 is 39.8 Å². The Balaban J connectivity index is 2.24. The Kier molecular flexibility index (Phi) is 7.11. The second-order valence-electron chi connectivity index (χ2n) is 6.06. The molecule has 1 heterocycles. The molecule has 2 N–H and O–H groups in total. The Labute approximate surface area is 166 Å². The van der Waals surface area contributed by atoms with Gasteiger partial charge in [-0.05, 0) is 31.5 Å². The molecule has 0 atom stereocenters. The Morgan fingerprint density at radius 2 is 1.89 bits per heavy atom. The third kappa shape index (κ3) is 4.86. The van der Waals surface area contributed by atoms with Crippen molar-refractivity contribution in [2.75, 3.05) is 37.9 Å². The number of rotatable bonds is 7. The number of hydrogen-bond acceptors (Lipinski definition) is 6.